The first-order valence-electron chi connectivity index (χ1n) is 6.72. The summed E-state index contributed by atoms with van der Waals surface area (Å²) in [7, 11) is 1.61. The number of hydrogen-bond acceptors (Lipinski definition) is 4. The van der Waals surface area contributed by atoms with Crippen molar-refractivity contribution in [3.05, 3.63) is 53.9 Å². The van der Waals surface area contributed by atoms with Gasteiger partial charge in [-0.15, -0.1) is 0 Å². The van der Waals surface area contributed by atoms with Crippen LogP contribution in [0.1, 0.15) is 36.7 Å². The average Bonchev–Trinajstić information content (AvgIpc) is 2.47. The molecule has 0 saturated heterocycles. The van der Waals surface area contributed by atoms with Crippen LogP contribution in [0, 0.1) is 0 Å². The van der Waals surface area contributed by atoms with Crippen molar-refractivity contribution in [3.63, 3.8) is 0 Å². The molecule has 0 spiro atoms. The van der Waals surface area contributed by atoms with E-state index in [1.807, 2.05) is 6.07 Å². The van der Waals surface area contributed by atoms with Gasteiger partial charge in [0, 0.05) is 18.0 Å². The highest BCUT2D eigenvalue weighted by molar-refractivity contribution is 5.90. The number of hydrogen-bond donors (Lipinski definition) is 0. The van der Waals surface area contributed by atoms with Crippen LogP contribution in [0.2, 0.25) is 0 Å². The first kappa shape index (κ1) is 15.0. The third-order valence-electron chi connectivity index (χ3n) is 3.09. The molecule has 0 saturated carbocycles. The van der Waals surface area contributed by atoms with Crippen molar-refractivity contribution in [3.8, 4) is 11.5 Å². The smallest absolute Gasteiger partial charge is 0.345 e. The van der Waals surface area contributed by atoms with E-state index in [1.54, 1.807) is 37.6 Å². The molecule has 0 unspecified atom stereocenters. The molecule has 0 amide bonds. The molecule has 110 valence electrons. The Kier molecular flexibility index (Phi) is 4.26. The fourth-order valence-corrected chi connectivity index (χ4v) is 1.95. The molecule has 21 heavy (non-hydrogen) atoms. The van der Waals surface area contributed by atoms with Crippen LogP contribution < -0.4 is 9.47 Å². The number of esters is 1. The fourth-order valence-electron chi connectivity index (χ4n) is 1.95. The van der Waals surface area contributed by atoms with E-state index in [1.165, 1.54) is 6.20 Å². The molecule has 1 aromatic carbocycles. The van der Waals surface area contributed by atoms with Crippen LogP contribution in [0.4, 0.5) is 0 Å². The molecule has 0 aliphatic carbocycles. The number of carbonyl (C=O) groups is 1. The zero-order valence-electron chi connectivity index (χ0n) is 12.7. The van der Waals surface area contributed by atoms with Gasteiger partial charge >= 0.3 is 5.97 Å². The Balaban J connectivity index is 2.34. The standard InChI is InChI=1S/C17H19NO3/c1-17(2,3)14-10-13(20-4)7-8-15(14)21-16(19)12-6-5-9-18-11-12/h5-11H,1-4H3. The monoisotopic (exact) mass is 285 g/mol. The molecule has 2 aromatic rings. The van der Waals surface area contributed by atoms with E-state index < -0.39 is 5.97 Å². The molecular weight excluding hydrogens is 266 g/mol. The minimum Gasteiger partial charge on any atom is -0.497 e. The van der Waals surface area contributed by atoms with Gasteiger partial charge in [0.2, 0.25) is 0 Å². The van der Waals surface area contributed by atoms with Gasteiger partial charge in [-0.25, -0.2) is 4.79 Å². The van der Waals surface area contributed by atoms with E-state index in [-0.39, 0.29) is 5.41 Å². The normalized spacial score (nSPS) is 11.0. The van der Waals surface area contributed by atoms with Crippen LogP contribution in [-0.4, -0.2) is 18.1 Å². The minimum atomic E-state index is -0.418. The third kappa shape index (κ3) is 3.60. The van der Waals surface area contributed by atoms with Gasteiger partial charge in [-0.05, 0) is 35.7 Å². The van der Waals surface area contributed by atoms with Gasteiger partial charge in [0.15, 0.2) is 0 Å². The highest BCUT2D eigenvalue weighted by Crippen LogP contribution is 2.34. The van der Waals surface area contributed by atoms with Gasteiger partial charge in [0.05, 0.1) is 12.7 Å². The van der Waals surface area contributed by atoms with Gasteiger partial charge in [-0.2, -0.15) is 0 Å². The minimum absolute atomic E-state index is 0.168. The first-order valence-corrected chi connectivity index (χ1v) is 6.72. The second-order valence-electron chi connectivity index (χ2n) is 5.74. The Morgan fingerprint density at radius 3 is 2.52 bits per heavy atom. The summed E-state index contributed by atoms with van der Waals surface area (Å²) in [6.45, 7) is 6.18. The topological polar surface area (TPSA) is 48.4 Å². The summed E-state index contributed by atoms with van der Waals surface area (Å²) in [6, 6.07) is 8.81. The molecule has 0 radical (unpaired) electrons. The van der Waals surface area contributed by atoms with Crippen molar-refractivity contribution in [1.82, 2.24) is 4.98 Å². The predicted molar refractivity (Wildman–Crippen MR) is 80.9 cm³/mol. The Hall–Kier alpha value is -2.36. The number of ether oxygens (including phenoxy) is 2. The third-order valence-corrected chi connectivity index (χ3v) is 3.09. The van der Waals surface area contributed by atoms with Crippen molar-refractivity contribution in [1.29, 1.82) is 0 Å². The van der Waals surface area contributed by atoms with E-state index in [0.717, 1.165) is 11.3 Å². The SMILES string of the molecule is COc1ccc(OC(=O)c2cccnc2)c(C(C)(C)C)c1. The Morgan fingerprint density at radius 1 is 1.19 bits per heavy atom. The predicted octanol–water partition coefficient (Wildman–Crippen LogP) is 3.61. The van der Waals surface area contributed by atoms with Crippen LogP contribution in [0.25, 0.3) is 0 Å². The summed E-state index contributed by atoms with van der Waals surface area (Å²) in [5.41, 5.74) is 1.17. The summed E-state index contributed by atoms with van der Waals surface area (Å²) in [6.07, 6.45) is 3.10. The number of aromatic nitrogens is 1. The first-order chi connectivity index (χ1) is 9.91. The van der Waals surface area contributed by atoms with Crippen molar-refractivity contribution < 1.29 is 14.3 Å². The Morgan fingerprint density at radius 2 is 1.95 bits per heavy atom. The molecule has 0 bridgehead atoms. The fraction of sp³-hybridized carbons (Fsp3) is 0.294. The summed E-state index contributed by atoms with van der Waals surface area (Å²) < 4.78 is 10.8. The molecule has 1 heterocycles. The largest absolute Gasteiger partial charge is 0.497 e. The highest BCUT2D eigenvalue weighted by atomic mass is 16.5. The molecule has 0 atom stereocenters. The van der Waals surface area contributed by atoms with Crippen molar-refractivity contribution in [2.45, 2.75) is 26.2 Å². The lowest BCUT2D eigenvalue weighted by Crippen LogP contribution is -2.16. The molecule has 0 fully saturated rings. The second-order valence-corrected chi connectivity index (χ2v) is 5.74. The van der Waals surface area contributed by atoms with E-state index in [4.69, 9.17) is 9.47 Å². The number of methoxy groups -OCH3 is 1. The number of rotatable bonds is 3. The lowest BCUT2D eigenvalue weighted by molar-refractivity contribution is 0.0731. The molecule has 0 N–H and O–H groups in total. The molecule has 1 aromatic heterocycles. The molecule has 2 rings (SSSR count). The van der Waals surface area contributed by atoms with Crippen LogP contribution in [0.3, 0.4) is 0 Å². The molecule has 4 nitrogen and oxygen atoms in total. The highest BCUT2D eigenvalue weighted by Gasteiger charge is 2.22. The Bertz CT molecular complexity index is 630. The summed E-state index contributed by atoms with van der Waals surface area (Å²) in [5, 5.41) is 0. The molecule has 0 aliphatic heterocycles. The van der Waals surface area contributed by atoms with Crippen molar-refractivity contribution >= 4 is 5.97 Å². The maximum absolute atomic E-state index is 12.2. The second kappa shape index (κ2) is 5.95. The average molecular weight is 285 g/mol. The van der Waals surface area contributed by atoms with Crippen LogP contribution in [-0.2, 0) is 5.41 Å². The van der Waals surface area contributed by atoms with Gasteiger partial charge in [-0.3, -0.25) is 4.98 Å². The van der Waals surface area contributed by atoms with Crippen LogP contribution in [0.15, 0.2) is 42.7 Å². The summed E-state index contributed by atoms with van der Waals surface area (Å²) >= 11 is 0. The van der Waals surface area contributed by atoms with Gasteiger partial charge in [0.1, 0.15) is 11.5 Å². The van der Waals surface area contributed by atoms with E-state index in [9.17, 15) is 4.79 Å². The molecule has 0 aliphatic rings. The van der Waals surface area contributed by atoms with E-state index in [2.05, 4.69) is 25.8 Å². The van der Waals surface area contributed by atoms with Gasteiger partial charge in [0.25, 0.3) is 0 Å². The van der Waals surface area contributed by atoms with E-state index >= 15 is 0 Å². The van der Waals surface area contributed by atoms with Crippen molar-refractivity contribution in [2.75, 3.05) is 7.11 Å². The lowest BCUT2D eigenvalue weighted by Gasteiger charge is -2.22. The van der Waals surface area contributed by atoms with Crippen molar-refractivity contribution in [2.24, 2.45) is 0 Å². The van der Waals surface area contributed by atoms with Crippen LogP contribution >= 0.6 is 0 Å². The summed E-state index contributed by atoms with van der Waals surface area (Å²) in [4.78, 5) is 16.1. The summed E-state index contributed by atoms with van der Waals surface area (Å²) in [5.74, 6) is 0.858. The zero-order chi connectivity index (χ0) is 15.5. The molecule has 4 heteroatoms. The quantitative estimate of drug-likeness (QED) is 0.638. The van der Waals surface area contributed by atoms with E-state index in [0.29, 0.717) is 11.3 Å². The number of carbonyl (C=O) groups excluding carboxylic acids is 1. The maximum atomic E-state index is 12.2. The number of benzene rings is 1. The molecular formula is C17H19NO3. The number of nitrogens with zero attached hydrogens (tertiary/aromatic N) is 1. The van der Waals surface area contributed by atoms with Gasteiger partial charge in [-0.1, -0.05) is 20.8 Å². The lowest BCUT2D eigenvalue weighted by atomic mass is 9.86. The Labute approximate surface area is 124 Å². The number of pyridine rings is 1. The van der Waals surface area contributed by atoms with Crippen LogP contribution in [0.5, 0.6) is 11.5 Å². The maximum Gasteiger partial charge on any atom is 0.345 e. The van der Waals surface area contributed by atoms with Gasteiger partial charge < -0.3 is 9.47 Å². The zero-order valence-corrected chi connectivity index (χ0v) is 12.7.